The molecule has 0 aliphatic heterocycles. The van der Waals surface area contributed by atoms with Crippen molar-refractivity contribution in [1.82, 2.24) is 19.1 Å². The first-order valence-corrected chi connectivity index (χ1v) is 16.9. The zero-order valence-corrected chi connectivity index (χ0v) is 27.1. The zero-order valence-electron chi connectivity index (χ0n) is 27.1. The van der Waals surface area contributed by atoms with Gasteiger partial charge in [0.1, 0.15) is 0 Å². The van der Waals surface area contributed by atoms with Crippen molar-refractivity contribution in [2.24, 2.45) is 0 Å². The molecule has 10 aromatic rings. The van der Waals surface area contributed by atoms with E-state index in [0.29, 0.717) is 5.95 Å². The van der Waals surface area contributed by atoms with Gasteiger partial charge in [-0.25, -0.2) is 9.97 Å². The number of hydrogen-bond donors (Lipinski definition) is 0. The Kier molecular flexibility index (Phi) is 5.15. The van der Waals surface area contributed by atoms with E-state index in [2.05, 4.69) is 169 Å². The fourth-order valence-electron chi connectivity index (χ4n) is 8.68. The average molecular weight is 627 g/mol. The lowest BCUT2D eigenvalue weighted by Gasteiger charge is -2.34. The van der Waals surface area contributed by atoms with Crippen LogP contribution in [0.2, 0.25) is 0 Å². The first-order chi connectivity index (χ1) is 24.1. The van der Waals surface area contributed by atoms with Crippen LogP contribution < -0.4 is 0 Å². The molecule has 0 N–H and O–H groups in total. The topological polar surface area (TPSA) is 35.6 Å². The van der Waals surface area contributed by atoms with E-state index < -0.39 is 0 Å². The number of para-hydroxylation sites is 2. The molecule has 230 valence electrons. The summed E-state index contributed by atoms with van der Waals surface area (Å²) in [7, 11) is 0. The molecular weight excluding hydrogens is 597 g/mol. The normalized spacial score (nSPS) is 13.7. The molecule has 0 spiro atoms. The van der Waals surface area contributed by atoms with Crippen molar-refractivity contribution in [3.05, 3.63) is 157 Å². The lowest BCUT2D eigenvalue weighted by molar-refractivity contribution is 0.643. The number of fused-ring (bicyclic) bond motifs is 10. The van der Waals surface area contributed by atoms with Crippen molar-refractivity contribution in [3.8, 4) is 22.9 Å². The largest absolute Gasteiger partial charge is 0.309 e. The third kappa shape index (κ3) is 3.47. The van der Waals surface area contributed by atoms with E-state index in [1.807, 2.05) is 0 Å². The first-order valence-electron chi connectivity index (χ1n) is 16.9. The molecule has 3 aromatic heterocycles. The highest BCUT2D eigenvalue weighted by molar-refractivity contribution is 6.26. The monoisotopic (exact) mass is 626 g/mol. The molecule has 3 heterocycles. The predicted molar refractivity (Wildman–Crippen MR) is 203 cm³/mol. The van der Waals surface area contributed by atoms with Crippen molar-refractivity contribution in [3.63, 3.8) is 0 Å². The van der Waals surface area contributed by atoms with Gasteiger partial charge < -0.3 is 4.57 Å². The molecule has 0 bridgehead atoms. The Balaban J connectivity index is 1.30. The molecule has 0 amide bonds. The minimum absolute atomic E-state index is 0.155. The molecule has 7 aromatic carbocycles. The maximum atomic E-state index is 5.51. The molecule has 0 saturated heterocycles. The van der Waals surface area contributed by atoms with Crippen molar-refractivity contribution >= 4 is 65.3 Å². The van der Waals surface area contributed by atoms with Crippen LogP contribution in [0.5, 0.6) is 0 Å². The van der Waals surface area contributed by atoms with Gasteiger partial charge in [-0.1, -0.05) is 123 Å². The quantitative estimate of drug-likeness (QED) is 0.191. The van der Waals surface area contributed by atoms with Gasteiger partial charge in [0.05, 0.1) is 33.3 Å². The molecule has 0 fully saturated rings. The van der Waals surface area contributed by atoms with Crippen LogP contribution >= 0.6 is 0 Å². The van der Waals surface area contributed by atoms with Gasteiger partial charge in [-0.15, -0.1) is 0 Å². The number of hydrogen-bond acceptors (Lipinski definition) is 2. The Bertz CT molecular complexity index is 3030. The fraction of sp³-hybridized carbons (Fsp3) is 0.0667. The first kappa shape index (κ1) is 26.8. The van der Waals surface area contributed by atoms with Gasteiger partial charge >= 0.3 is 0 Å². The lowest BCUT2D eigenvalue weighted by atomic mass is 9.70. The van der Waals surface area contributed by atoms with E-state index in [1.54, 1.807) is 0 Å². The van der Waals surface area contributed by atoms with E-state index in [9.17, 15) is 0 Å². The third-order valence-corrected chi connectivity index (χ3v) is 10.9. The summed E-state index contributed by atoms with van der Waals surface area (Å²) >= 11 is 0. The van der Waals surface area contributed by atoms with E-state index in [0.717, 1.165) is 38.8 Å². The second-order valence-corrected chi connectivity index (χ2v) is 13.8. The van der Waals surface area contributed by atoms with Gasteiger partial charge in [0.25, 0.3) is 0 Å². The Morgan fingerprint density at radius 1 is 0.490 bits per heavy atom. The average Bonchev–Trinajstić information content (AvgIpc) is 3.66. The smallest absolute Gasteiger partial charge is 0.235 e. The van der Waals surface area contributed by atoms with E-state index in [1.165, 1.54) is 54.5 Å². The van der Waals surface area contributed by atoms with Crippen LogP contribution in [0, 0.1) is 0 Å². The van der Waals surface area contributed by atoms with Gasteiger partial charge in [-0.3, -0.25) is 4.57 Å². The van der Waals surface area contributed by atoms with Gasteiger partial charge in [0.2, 0.25) is 5.95 Å². The van der Waals surface area contributed by atoms with Crippen molar-refractivity contribution in [2.45, 2.75) is 19.3 Å². The van der Waals surface area contributed by atoms with E-state index in [-0.39, 0.29) is 5.41 Å². The highest BCUT2D eigenvalue weighted by atomic mass is 15.2. The maximum absolute atomic E-state index is 5.51. The van der Waals surface area contributed by atoms with Gasteiger partial charge in [0.15, 0.2) is 0 Å². The second-order valence-electron chi connectivity index (χ2n) is 13.8. The minimum Gasteiger partial charge on any atom is -0.309 e. The maximum Gasteiger partial charge on any atom is 0.235 e. The Morgan fingerprint density at radius 3 is 2.08 bits per heavy atom. The molecule has 49 heavy (non-hydrogen) atoms. The van der Waals surface area contributed by atoms with Crippen LogP contribution in [0.1, 0.15) is 25.0 Å². The summed E-state index contributed by atoms with van der Waals surface area (Å²) in [6.45, 7) is 4.62. The molecule has 4 nitrogen and oxygen atoms in total. The number of rotatable bonds is 2. The molecule has 11 rings (SSSR count). The zero-order chi connectivity index (χ0) is 32.4. The summed E-state index contributed by atoms with van der Waals surface area (Å²) in [5.74, 6) is 0.690. The summed E-state index contributed by atoms with van der Waals surface area (Å²) in [6, 6.07) is 52.7. The van der Waals surface area contributed by atoms with Crippen molar-refractivity contribution < 1.29 is 0 Å². The van der Waals surface area contributed by atoms with Gasteiger partial charge in [-0.2, -0.15) is 0 Å². The number of benzene rings is 7. The van der Waals surface area contributed by atoms with E-state index >= 15 is 0 Å². The second kappa shape index (κ2) is 9.42. The molecule has 1 aliphatic rings. The Hall–Kier alpha value is -6.26. The summed E-state index contributed by atoms with van der Waals surface area (Å²) in [4.78, 5) is 10.9. The number of aromatic nitrogens is 4. The minimum atomic E-state index is -0.155. The van der Waals surface area contributed by atoms with Gasteiger partial charge in [-0.05, 0) is 58.3 Å². The van der Waals surface area contributed by atoms with Crippen LogP contribution in [-0.4, -0.2) is 19.1 Å². The van der Waals surface area contributed by atoms with Gasteiger partial charge in [0, 0.05) is 43.6 Å². The highest BCUT2D eigenvalue weighted by Crippen LogP contribution is 2.48. The molecule has 0 saturated carbocycles. The summed E-state index contributed by atoms with van der Waals surface area (Å²) in [6.07, 6.45) is 0. The van der Waals surface area contributed by atoms with Crippen LogP contribution in [-0.2, 0) is 5.41 Å². The third-order valence-electron chi connectivity index (χ3n) is 10.9. The van der Waals surface area contributed by atoms with Crippen molar-refractivity contribution in [1.29, 1.82) is 0 Å². The summed E-state index contributed by atoms with van der Waals surface area (Å²) in [5.41, 5.74) is 11.3. The standard InChI is InChI=1S/C45H30N4/c1-45(2)34-17-8-5-15-32(34)42-41-35(45)18-11-19-36(41)46-44(47-42)49-37-20-9-6-14-30(37)31-24-25-39-40(43(31)49)33-16-7-10-21-38(33)48(39)29-23-22-27-12-3-4-13-28(27)26-29/h3-26H,1-2H3. The molecule has 0 radical (unpaired) electrons. The lowest BCUT2D eigenvalue weighted by Crippen LogP contribution is -2.24. The predicted octanol–water partition coefficient (Wildman–Crippen LogP) is 11.3. The van der Waals surface area contributed by atoms with Crippen LogP contribution in [0.3, 0.4) is 0 Å². The Labute approximate surface area is 282 Å². The fourth-order valence-corrected chi connectivity index (χ4v) is 8.68. The SMILES string of the molecule is CC1(C)c2ccccc2-c2nc(-n3c4ccccc4c4ccc5c(c6ccccc6n5-c5ccc6ccccc6c5)c43)nc3cccc1c23. The number of nitrogens with zero attached hydrogens (tertiary/aromatic N) is 4. The molecule has 4 heteroatoms. The Morgan fingerprint density at radius 2 is 1.20 bits per heavy atom. The molecule has 1 aliphatic carbocycles. The molecular formula is C45H30N4. The van der Waals surface area contributed by atoms with Crippen molar-refractivity contribution in [2.75, 3.05) is 0 Å². The van der Waals surface area contributed by atoms with Crippen LogP contribution in [0.25, 0.3) is 88.2 Å². The van der Waals surface area contributed by atoms with Crippen LogP contribution in [0.15, 0.2) is 146 Å². The highest BCUT2D eigenvalue weighted by Gasteiger charge is 2.35. The summed E-state index contributed by atoms with van der Waals surface area (Å²) in [5, 5.41) is 8.39. The van der Waals surface area contributed by atoms with Crippen LogP contribution in [0.4, 0.5) is 0 Å². The molecule has 0 atom stereocenters. The molecule has 0 unspecified atom stereocenters. The van der Waals surface area contributed by atoms with E-state index in [4.69, 9.17) is 9.97 Å². The summed E-state index contributed by atoms with van der Waals surface area (Å²) < 4.78 is 4.73.